The van der Waals surface area contributed by atoms with E-state index in [1.165, 1.54) is 27.6 Å². The zero-order chi connectivity index (χ0) is 15.9. The number of pyridine rings is 1. The normalized spacial score (nSPS) is 15.5. The number of anilines is 1. The fraction of sp³-hybridized carbons (Fsp3) is 0.444. The van der Waals surface area contributed by atoms with Gasteiger partial charge in [-0.3, -0.25) is 9.69 Å². The van der Waals surface area contributed by atoms with Crippen molar-refractivity contribution in [2.45, 2.75) is 27.7 Å². The van der Waals surface area contributed by atoms with Crippen LogP contribution in [-0.2, 0) is 4.79 Å². The van der Waals surface area contributed by atoms with Crippen molar-refractivity contribution in [1.82, 2.24) is 4.90 Å². The number of aryl methyl sites for hydroxylation is 3. The third-order valence-electron chi connectivity index (χ3n) is 4.58. The molecule has 0 aliphatic carbocycles. The first-order chi connectivity index (χ1) is 10.5. The fourth-order valence-electron chi connectivity index (χ4n) is 3.32. The molecule has 1 fully saturated rings. The van der Waals surface area contributed by atoms with Gasteiger partial charge in [-0.15, -0.1) is 0 Å². The molecule has 1 saturated heterocycles. The summed E-state index contributed by atoms with van der Waals surface area (Å²) in [6.45, 7) is 11.5. The standard InChI is InChI=1S/C18H23N3O/c1-12-9-14(3)18-16(10-12)13(2)11-17(19-18)21-7-5-20(6-8-21)15(4)22/h9-11H,5-8H2,1-4H3/p+1. The summed E-state index contributed by atoms with van der Waals surface area (Å²) in [6.07, 6.45) is 0. The van der Waals surface area contributed by atoms with Crippen LogP contribution in [0.2, 0.25) is 0 Å². The minimum Gasteiger partial charge on any atom is -0.335 e. The first kappa shape index (κ1) is 14.8. The Balaban J connectivity index is 1.94. The molecule has 1 aliphatic rings. The van der Waals surface area contributed by atoms with E-state index in [1.54, 1.807) is 6.92 Å². The predicted molar refractivity (Wildman–Crippen MR) is 89.2 cm³/mol. The van der Waals surface area contributed by atoms with Gasteiger partial charge < -0.3 is 4.90 Å². The van der Waals surface area contributed by atoms with Gasteiger partial charge in [0.25, 0.3) is 5.82 Å². The van der Waals surface area contributed by atoms with E-state index in [1.807, 2.05) is 4.90 Å². The van der Waals surface area contributed by atoms with Crippen molar-refractivity contribution in [2.24, 2.45) is 0 Å². The molecule has 1 aromatic heterocycles. The number of amides is 1. The zero-order valence-electron chi connectivity index (χ0n) is 13.9. The second-order valence-electron chi connectivity index (χ2n) is 6.34. The number of nitrogens with zero attached hydrogens (tertiary/aromatic N) is 2. The molecule has 0 radical (unpaired) electrons. The van der Waals surface area contributed by atoms with E-state index >= 15 is 0 Å². The van der Waals surface area contributed by atoms with Crippen molar-refractivity contribution in [3.8, 4) is 0 Å². The summed E-state index contributed by atoms with van der Waals surface area (Å²) < 4.78 is 0. The number of fused-ring (bicyclic) bond motifs is 1. The molecular weight excluding hydrogens is 274 g/mol. The number of H-pyrrole nitrogens is 1. The van der Waals surface area contributed by atoms with Crippen LogP contribution in [0, 0.1) is 20.8 Å². The van der Waals surface area contributed by atoms with Gasteiger partial charge in [0.15, 0.2) is 0 Å². The van der Waals surface area contributed by atoms with E-state index < -0.39 is 0 Å². The minimum atomic E-state index is 0.171. The number of rotatable bonds is 1. The van der Waals surface area contributed by atoms with E-state index in [0.29, 0.717) is 0 Å². The highest BCUT2D eigenvalue weighted by Crippen LogP contribution is 2.23. The molecule has 2 heterocycles. The van der Waals surface area contributed by atoms with Crippen LogP contribution >= 0.6 is 0 Å². The average Bonchev–Trinajstić information content (AvgIpc) is 2.48. The van der Waals surface area contributed by atoms with Gasteiger partial charge in [-0.25, -0.2) is 4.98 Å². The first-order valence-corrected chi connectivity index (χ1v) is 7.90. The number of hydrogen-bond donors (Lipinski definition) is 0. The highest BCUT2D eigenvalue weighted by atomic mass is 16.2. The van der Waals surface area contributed by atoms with Crippen LogP contribution in [0.3, 0.4) is 0 Å². The van der Waals surface area contributed by atoms with Crippen LogP contribution in [0.15, 0.2) is 18.2 Å². The Morgan fingerprint density at radius 1 is 1.00 bits per heavy atom. The van der Waals surface area contributed by atoms with E-state index in [2.05, 4.69) is 48.9 Å². The van der Waals surface area contributed by atoms with Gasteiger partial charge >= 0.3 is 0 Å². The molecule has 4 heteroatoms. The van der Waals surface area contributed by atoms with Gasteiger partial charge in [0.2, 0.25) is 5.91 Å². The van der Waals surface area contributed by atoms with Crippen molar-refractivity contribution < 1.29 is 9.78 Å². The lowest BCUT2D eigenvalue weighted by Crippen LogP contribution is -2.49. The SMILES string of the molecule is CC(=O)N1CCN(c2cc(C)c3cc(C)cc(C)c3[nH+]2)CC1. The molecule has 1 aromatic carbocycles. The Morgan fingerprint density at radius 2 is 1.68 bits per heavy atom. The van der Waals surface area contributed by atoms with Crippen LogP contribution in [-0.4, -0.2) is 37.0 Å². The van der Waals surface area contributed by atoms with Crippen molar-refractivity contribution in [3.05, 3.63) is 34.9 Å². The van der Waals surface area contributed by atoms with Crippen molar-refractivity contribution in [3.63, 3.8) is 0 Å². The predicted octanol–water partition coefficient (Wildman–Crippen LogP) is 2.25. The number of carbonyl (C=O) groups is 1. The smallest absolute Gasteiger partial charge is 0.275 e. The molecule has 0 atom stereocenters. The molecule has 0 saturated carbocycles. The summed E-state index contributed by atoms with van der Waals surface area (Å²) in [4.78, 5) is 19.3. The van der Waals surface area contributed by atoms with Crippen molar-refractivity contribution >= 4 is 22.6 Å². The van der Waals surface area contributed by atoms with Gasteiger partial charge in [-0.05, 0) is 43.5 Å². The number of carbonyl (C=O) groups excluding carboxylic acids is 1. The number of benzene rings is 1. The Morgan fingerprint density at radius 3 is 2.32 bits per heavy atom. The summed E-state index contributed by atoms with van der Waals surface area (Å²) in [5, 5.41) is 1.30. The lowest BCUT2D eigenvalue weighted by molar-refractivity contribution is -0.331. The molecule has 4 nitrogen and oxygen atoms in total. The van der Waals surface area contributed by atoms with Crippen LogP contribution in [0.5, 0.6) is 0 Å². The van der Waals surface area contributed by atoms with Crippen LogP contribution < -0.4 is 9.88 Å². The van der Waals surface area contributed by atoms with Gasteiger partial charge in [0.1, 0.15) is 18.6 Å². The summed E-state index contributed by atoms with van der Waals surface area (Å²) in [5.41, 5.74) is 5.09. The number of nitrogens with one attached hydrogen (secondary N) is 1. The number of piperazine rings is 1. The molecule has 2 aromatic rings. The van der Waals surface area contributed by atoms with Crippen LogP contribution in [0.25, 0.3) is 10.9 Å². The molecule has 116 valence electrons. The molecular formula is C18H24N3O+. The molecule has 0 spiro atoms. The molecule has 1 N–H and O–H groups in total. The molecule has 3 rings (SSSR count). The van der Waals surface area contributed by atoms with Gasteiger partial charge in [-0.2, -0.15) is 0 Å². The lowest BCUT2D eigenvalue weighted by Gasteiger charge is -2.30. The van der Waals surface area contributed by atoms with E-state index in [9.17, 15) is 4.79 Å². The second kappa shape index (κ2) is 5.59. The van der Waals surface area contributed by atoms with Crippen LogP contribution in [0.1, 0.15) is 23.6 Å². The topological polar surface area (TPSA) is 37.7 Å². The van der Waals surface area contributed by atoms with Gasteiger partial charge in [-0.1, -0.05) is 6.07 Å². The second-order valence-corrected chi connectivity index (χ2v) is 6.34. The number of aromatic nitrogens is 1. The maximum absolute atomic E-state index is 11.4. The maximum atomic E-state index is 11.4. The third-order valence-corrected chi connectivity index (χ3v) is 4.58. The Kier molecular flexibility index (Phi) is 3.77. The lowest BCUT2D eigenvalue weighted by atomic mass is 10.0. The van der Waals surface area contributed by atoms with E-state index in [4.69, 9.17) is 0 Å². The molecule has 1 amide bonds. The zero-order valence-corrected chi connectivity index (χ0v) is 13.9. The first-order valence-electron chi connectivity index (χ1n) is 7.90. The van der Waals surface area contributed by atoms with Crippen molar-refractivity contribution in [2.75, 3.05) is 31.1 Å². The van der Waals surface area contributed by atoms with Gasteiger partial charge in [0.05, 0.1) is 13.1 Å². The number of hydrogen-bond acceptors (Lipinski definition) is 2. The van der Waals surface area contributed by atoms with Crippen molar-refractivity contribution in [1.29, 1.82) is 0 Å². The molecule has 0 unspecified atom stereocenters. The summed E-state index contributed by atoms with van der Waals surface area (Å²) in [7, 11) is 0. The van der Waals surface area contributed by atoms with E-state index in [0.717, 1.165) is 32.0 Å². The third kappa shape index (κ3) is 2.65. The summed E-state index contributed by atoms with van der Waals surface area (Å²) in [6, 6.07) is 6.69. The van der Waals surface area contributed by atoms with Gasteiger partial charge in [0, 0.05) is 18.4 Å². The Bertz CT molecular complexity index is 731. The highest BCUT2D eigenvalue weighted by molar-refractivity contribution is 5.83. The Hall–Kier alpha value is -2.10. The highest BCUT2D eigenvalue weighted by Gasteiger charge is 2.25. The molecule has 22 heavy (non-hydrogen) atoms. The largest absolute Gasteiger partial charge is 0.335 e. The summed E-state index contributed by atoms with van der Waals surface area (Å²) in [5.74, 6) is 1.32. The molecule has 1 aliphatic heterocycles. The number of aromatic amines is 1. The average molecular weight is 298 g/mol. The molecule has 0 bridgehead atoms. The quantitative estimate of drug-likeness (QED) is 0.810. The van der Waals surface area contributed by atoms with Crippen LogP contribution in [0.4, 0.5) is 5.82 Å². The minimum absolute atomic E-state index is 0.171. The Labute approximate surface area is 131 Å². The monoisotopic (exact) mass is 298 g/mol. The fourth-order valence-corrected chi connectivity index (χ4v) is 3.32. The maximum Gasteiger partial charge on any atom is 0.275 e. The summed E-state index contributed by atoms with van der Waals surface area (Å²) >= 11 is 0. The van der Waals surface area contributed by atoms with E-state index in [-0.39, 0.29) is 5.91 Å².